The highest BCUT2D eigenvalue weighted by Crippen LogP contribution is 2.22. The minimum atomic E-state index is 0. The van der Waals surface area contributed by atoms with Gasteiger partial charge in [0.15, 0.2) is 0 Å². The minimum Gasteiger partial charge on any atom is -0.301 e. The lowest BCUT2D eigenvalue weighted by molar-refractivity contribution is 0.161. The van der Waals surface area contributed by atoms with Crippen molar-refractivity contribution < 1.29 is 0 Å². The van der Waals surface area contributed by atoms with Gasteiger partial charge in [-0.15, -0.1) is 24.2 Å². The largest absolute Gasteiger partial charge is 0.301 e. The van der Waals surface area contributed by atoms with E-state index in [1.165, 1.54) is 49.4 Å². The highest BCUT2D eigenvalue weighted by molar-refractivity contribution is 7.99. The molecule has 1 fully saturated rings. The van der Waals surface area contributed by atoms with Gasteiger partial charge in [-0.1, -0.05) is 18.0 Å². The van der Waals surface area contributed by atoms with Crippen LogP contribution in [0.15, 0.2) is 29.2 Å². The molecule has 0 saturated carbocycles. The standard InChI is InChI=1S/C15H22ClNS.ClH/c1-13-5-2-3-10-17(13)11-4-12-18-15-8-6-14(16)7-9-15;/h6-9,13H,2-5,10-12H2,1H3;1H. The number of nitrogens with zero attached hydrogens (tertiary/aromatic N) is 1. The Morgan fingerprint density at radius 3 is 2.68 bits per heavy atom. The van der Waals surface area contributed by atoms with E-state index in [1.807, 2.05) is 23.9 Å². The minimum absolute atomic E-state index is 0. The number of halogens is 2. The molecule has 1 heterocycles. The van der Waals surface area contributed by atoms with Gasteiger partial charge in [-0.3, -0.25) is 0 Å². The monoisotopic (exact) mass is 319 g/mol. The lowest BCUT2D eigenvalue weighted by Gasteiger charge is -2.33. The molecule has 1 aliphatic heterocycles. The Labute approximate surface area is 132 Å². The fourth-order valence-corrected chi connectivity index (χ4v) is 3.44. The van der Waals surface area contributed by atoms with Crippen LogP contribution in [0.25, 0.3) is 0 Å². The molecular formula is C15H23Cl2NS. The summed E-state index contributed by atoms with van der Waals surface area (Å²) < 4.78 is 0. The molecule has 1 aromatic rings. The van der Waals surface area contributed by atoms with Gasteiger partial charge in [0, 0.05) is 16.0 Å². The van der Waals surface area contributed by atoms with E-state index in [1.54, 1.807) is 0 Å². The van der Waals surface area contributed by atoms with E-state index in [9.17, 15) is 0 Å². The summed E-state index contributed by atoms with van der Waals surface area (Å²) in [5.74, 6) is 1.20. The molecule has 1 saturated heterocycles. The summed E-state index contributed by atoms with van der Waals surface area (Å²) in [6.07, 6.45) is 5.45. The molecule has 0 aromatic heterocycles. The van der Waals surface area contributed by atoms with Crippen molar-refractivity contribution in [1.29, 1.82) is 0 Å². The van der Waals surface area contributed by atoms with Crippen molar-refractivity contribution in [3.8, 4) is 0 Å². The first kappa shape index (κ1) is 17.2. The Bertz CT molecular complexity index is 356. The summed E-state index contributed by atoms with van der Waals surface area (Å²) in [6.45, 7) is 4.92. The zero-order valence-corrected chi connectivity index (χ0v) is 13.9. The molecule has 1 atom stereocenters. The molecule has 1 aliphatic rings. The van der Waals surface area contributed by atoms with Crippen LogP contribution in [0.3, 0.4) is 0 Å². The van der Waals surface area contributed by atoms with Crippen LogP contribution < -0.4 is 0 Å². The van der Waals surface area contributed by atoms with Gasteiger partial charge < -0.3 is 4.90 Å². The molecule has 0 aliphatic carbocycles. The van der Waals surface area contributed by atoms with Crippen LogP contribution in [0.2, 0.25) is 5.02 Å². The second-order valence-electron chi connectivity index (χ2n) is 5.04. The number of hydrogen-bond donors (Lipinski definition) is 0. The lowest BCUT2D eigenvalue weighted by atomic mass is 10.0. The average molecular weight is 320 g/mol. The molecule has 108 valence electrons. The first-order chi connectivity index (χ1) is 8.75. The number of thioether (sulfide) groups is 1. The fourth-order valence-electron chi connectivity index (χ4n) is 2.48. The molecule has 19 heavy (non-hydrogen) atoms. The van der Waals surface area contributed by atoms with Crippen molar-refractivity contribution in [1.82, 2.24) is 4.90 Å². The second-order valence-corrected chi connectivity index (χ2v) is 6.64. The molecule has 0 amide bonds. The first-order valence-corrected chi connectivity index (χ1v) is 8.24. The van der Waals surface area contributed by atoms with E-state index in [-0.39, 0.29) is 12.4 Å². The van der Waals surface area contributed by atoms with E-state index < -0.39 is 0 Å². The summed E-state index contributed by atoms with van der Waals surface area (Å²) in [7, 11) is 0. The Balaban J connectivity index is 0.00000180. The first-order valence-electron chi connectivity index (χ1n) is 6.88. The number of benzene rings is 1. The van der Waals surface area contributed by atoms with Crippen molar-refractivity contribution in [3.63, 3.8) is 0 Å². The Morgan fingerprint density at radius 2 is 2.00 bits per heavy atom. The van der Waals surface area contributed by atoms with Crippen molar-refractivity contribution in [2.24, 2.45) is 0 Å². The Kier molecular flexibility index (Phi) is 8.24. The molecule has 1 aromatic carbocycles. The smallest absolute Gasteiger partial charge is 0.0406 e. The fraction of sp³-hybridized carbons (Fsp3) is 0.600. The van der Waals surface area contributed by atoms with Gasteiger partial charge in [0.1, 0.15) is 0 Å². The van der Waals surface area contributed by atoms with Crippen LogP contribution in [-0.4, -0.2) is 29.8 Å². The summed E-state index contributed by atoms with van der Waals surface area (Å²) in [6, 6.07) is 8.94. The number of rotatable bonds is 5. The van der Waals surface area contributed by atoms with E-state index in [4.69, 9.17) is 11.6 Å². The van der Waals surface area contributed by atoms with Gasteiger partial charge in [-0.25, -0.2) is 0 Å². The zero-order chi connectivity index (χ0) is 12.8. The van der Waals surface area contributed by atoms with Gasteiger partial charge in [-0.2, -0.15) is 0 Å². The molecular weight excluding hydrogens is 297 g/mol. The predicted molar refractivity (Wildman–Crippen MR) is 88.9 cm³/mol. The Hall–Kier alpha value is 0.110. The third kappa shape index (κ3) is 5.95. The van der Waals surface area contributed by atoms with Crippen LogP contribution in [0, 0.1) is 0 Å². The quantitative estimate of drug-likeness (QED) is 0.547. The van der Waals surface area contributed by atoms with Crippen molar-refractivity contribution >= 4 is 35.8 Å². The maximum Gasteiger partial charge on any atom is 0.0406 e. The van der Waals surface area contributed by atoms with Gasteiger partial charge in [-0.05, 0) is 69.3 Å². The van der Waals surface area contributed by atoms with Gasteiger partial charge in [0.2, 0.25) is 0 Å². The maximum atomic E-state index is 5.87. The van der Waals surface area contributed by atoms with Crippen LogP contribution in [0.4, 0.5) is 0 Å². The lowest BCUT2D eigenvalue weighted by Crippen LogP contribution is -2.38. The molecule has 1 unspecified atom stereocenters. The van der Waals surface area contributed by atoms with E-state index in [0.717, 1.165) is 11.1 Å². The molecule has 2 rings (SSSR count). The van der Waals surface area contributed by atoms with Crippen LogP contribution in [0.1, 0.15) is 32.6 Å². The summed E-state index contributed by atoms with van der Waals surface area (Å²) in [5.41, 5.74) is 0. The highest BCUT2D eigenvalue weighted by atomic mass is 35.5. The van der Waals surface area contributed by atoms with E-state index in [0.29, 0.717) is 0 Å². The van der Waals surface area contributed by atoms with Crippen LogP contribution in [0.5, 0.6) is 0 Å². The third-order valence-corrected chi connectivity index (χ3v) is 4.96. The summed E-state index contributed by atoms with van der Waals surface area (Å²) in [5, 5.41) is 0.821. The molecule has 0 spiro atoms. The SMILES string of the molecule is CC1CCCCN1CCCSc1ccc(Cl)cc1.Cl. The maximum absolute atomic E-state index is 5.87. The van der Waals surface area contributed by atoms with E-state index >= 15 is 0 Å². The predicted octanol–water partition coefficient (Wildman–Crippen LogP) is 5.12. The highest BCUT2D eigenvalue weighted by Gasteiger charge is 2.16. The number of hydrogen-bond acceptors (Lipinski definition) is 2. The van der Waals surface area contributed by atoms with Gasteiger partial charge in [0.05, 0.1) is 0 Å². The second kappa shape index (κ2) is 9.12. The number of likely N-dealkylation sites (tertiary alicyclic amines) is 1. The molecule has 0 radical (unpaired) electrons. The molecule has 1 nitrogen and oxygen atoms in total. The van der Waals surface area contributed by atoms with Crippen LogP contribution >= 0.6 is 35.8 Å². The molecule has 0 N–H and O–H groups in total. The Morgan fingerprint density at radius 1 is 1.26 bits per heavy atom. The number of piperidine rings is 1. The average Bonchev–Trinajstić information content (AvgIpc) is 2.39. The van der Waals surface area contributed by atoms with E-state index in [2.05, 4.69) is 24.0 Å². The van der Waals surface area contributed by atoms with Crippen molar-refractivity contribution in [2.45, 2.75) is 43.5 Å². The zero-order valence-electron chi connectivity index (χ0n) is 11.5. The van der Waals surface area contributed by atoms with Gasteiger partial charge >= 0.3 is 0 Å². The molecule has 4 heteroatoms. The van der Waals surface area contributed by atoms with Crippen LogP contribution in [-0.2, 0) is 0 Å². The molecule has 0 bridgehead atoms. The van der Waals surface area contributed by atoms with Gasteiger partial charge in [0.25, 0.3) is 0 Å². The van der Waals surface area contributed by atoms with Crippen molar-refractivity contribution in [3.05, 3.63) is 29.3 Å². The van der Waals surface area contributed by atoms with Crippen molar-refractivity contribution in [2.75, 3.05) is 18.8 Å². The topological polar surface area (TPSA) is 3.24 Å². The third-order valence-electron chi connectivity index (χ3n) is 3.61. The normalized spacial score (nSPS) is 20.0. The summed E-state index contributed by atoms with van der Waals surface area (Å²) >= 11 is 7.81. The summed E-state index contributed by atoms with van der Waals surface area (Å²) in [4.78, 5) is 3.97.